The van der Waals surface area contributed by atoms with Crippen molar-refractivity contribution in [2.75, 3.05) is 18.2 Å². The third-order valence-corrected chi connectivity index (χ3v) is 6.34. The number of nitrogens with one attached hydrogen (secondary N) is 1. The van der Waals surface area contributed by atoms with E-state index in [4.69, 9.17) is 9.47 Å². The maximum Gasteiger partial charge on any atom is 0.328 e. The summed E-state index contributed by atoms with van der Waals surface area (Å²) in [5, 5.41) is 6.53. The summed E-state index contributed by atoms with van der Waals surface area (Å²) >= 11 is 0. The maximum absolute atomic E-state index is 13.9. The molecule has 3 atom stereocenters. The molecule has 38 heavy (non-hydrogen) atoms. The van der Waals surface area contributed by atoms with Crippen LogP contribution in [0.4, 0.5) is 5.69 Å². The monoisotopic (exact) mass is 523 g/mol. The Morgan fingerprint density at radius 2 is 1.74 bits per heavy atom. The minimum Gasteiger partial charge on any atom is -0.465 e. The minimum absolute atomic E-state index is 0.0371. The highest BCUT2D eigenvalue weighted by Crippen LogP contribution is 2.33. The lowest BCUT2D eigenvalue weighted by Gasteiger charge is -2.38. The number of anilines is 1. The Kier molecular flexibility index (Phi) is 9.91. The second-order valence-electron chi connectivity index (χ2n) is 10.7. The van der Waals surface area contributed by atoms with Crippen molar-refractivity contribution in [2.24, 2.45) is 0 Å². The van der Waals surface area contributed by atoms with Gasteiger partial charge in [0.25, 0.3) is 5.91 Å². The van der Waals surface area contributed by atoms with Crippen molar-refractivity contribution in [3.8, 4) is 0 Å². The number of para-hydroxylation sites is 1. The Bertz CT molecular complexity index is 1100. The Hall–Kier alpha value is -3.39. The molecule has 206 valence electrons. The zero-order chi connectivity index (χ0) is 27.9. The molecule has 2 aromatic rings. The molecule has 1 aliphatic heterocycles. The second-order valence-corrected chi connectivity index (χ2v) is 10.7. The quantitative estimate of drug-likeness (QED) is 0.444. The zero-order valence-corrected chi connectivity index (χ0v) is 23.4. The number of aryl methyl sites for hydroxylation is 1. The van der Waals surface area contributed by atoms with E-state index in [1.54, 1.807) is 34.6 Å². The molecular weight excluding hydrogens is 482 g/mol. The SMILES string of the molecule is CCOC(=O)[C@H](CCc1ccccc1)N[C@@H](C)C(=O)N(CC(=O)OC(C)(C)C)N1c2ccccc2CC1C. The molecule has 0 aromatic heterocycles. The first-order chi connectivity index (χ1) is 18.0. The van der Waals surface area contributed by atoms with Crippen molar-refractivity contribution in [2.45, 2.75) is 84.5 Å². The van der Waals surface area contributed by atoms with Gasteiger partial charge in [0.1, 0.15) is 18.2 Å². The molecule has 0 aliphatic carbocycles. The van der Waals surface area contributed by atoms with Crippen molar-refractivity contribution in [3.05, 3.63) is 65.7 Å². The molecule has 1 heterocycles. The van der Waals surface area contributed by atoms with Gasteiger partial charge in [0.15, 0.2) is 0 Å². The van der Waals surface area contributed by atoms with Crippen LogP contribution in [0.5, 0.6) is 0 Å². The lowest BCUT2D eigenvalue weighted by molar-refractivity contribution is -0.160. The van der Waals surface area contributed by atoms with Gasteiger partial charge in [0.05, 0.1) is 24.4 Å². The van der Waals surface area contributed by atoms with Crippen molar-refractivity contribution in [1.82, 2.24) is 10.3 Å². The Balaban J connectivity index is 1.83. The van der Waals surface area contributed by atoms with E-state index in [2.05, 4.69) is 5.32 Å². The normalized spacial score (nSPS) is 16.4. The molecule has 0 bridgehead atoms. The fraction of sp³-hybridized carbons (Fsp3) is 0.500. The molecule has 0 fully saturated rings. The van der Waals surface area contributed by atoms with Crippen LogP contribution in [0.3, 0.4) is 0 Å². The molecule has 1 N–H and O–H groups in total. The Labute approximate surface area is 226 Å². The molecule has 8 heteroatoms. The fourth-order valence-electron chi connectivity index (χ4n) is 4.74. The van der Waals surface area contributed by atoms with Gasteiger partial charge < -0.3 is 9.47 Å². The van der Waals surface area contributed by atoms with E-state index in [0.717, 1.165) is 23.2 Å². The topological polar surface area (TPSA) is 88.2 Å². The van der Waals surface area contributed by atoms with Gasteiger partial charge >= 0.3 is 11.9 Å². The van der Waals surface area contributed by atoms with Crippen molar-refractivity contribution < 1.29 is 23.9 Å². The number of fused-ring (bicyclic) bond motifs is 1. The summed E-state index contributed by atoms with van der Waals surface area (Å²) in [6, 6.07) is 16.3. The van der Waals surface area contributed by atoms with Crippen LogP contribution in [-0.2, 0) is 36.7 Å². The van der Waals surface area contributed by atoms with E-state index in [0.29, 0.717) is 12.8 Å². The highest BCUT2D eigenvalue weighted by Gasteiger charge is 2.37. The van der Waals surface area contributed by atoms with Gasteiger partial charge in [-0.15, -0.1) is 0 Å². The molecule has 2 aromatic carbocycles. The molecule has 0 radical (unpaired) electrons. The summed E-state index contributed by atoms with van der Waals surface area (Å²) in [7, 11) is 0. The molecule has 8 nitrogen and oxygen atoms in total. The summed E-state index contributed by atoms with van der Waals surface area (Å²) in [5.74, 6) is -1.23. The van der Waals surface area contributed by atoms with Crippen molar-refractivity contribution >= 4 is 23.5 Å². The number of esters is 2. The van der Waals surface area contributed by atoms with Gasteiger partial charge in [-0.05, 0) is 78.0 Å². The molecule has 1 aliphatic rings. The highest BCUT2D eigenvalue weighted by atomic mass is 16.6. The predicted octanol–water partition coefficient (Wildman–Crippen LogP) is 4.07. The molecule has 3 rings (SSSR count). The molecule has 0 spiro atoms. The van der Waals surface area contributed by atoms with Crippen LogP contribution in [0, 0.1) is 0 Å². The van der Waals surface area contributed by atoms with E-state index in [9.17, 15) is 14.4 Å². The van der Waals surface area contributed by atoms with Crippen LogP contribution >= 0.6 is 0 Å². The molecule has 1 amide bonds. The first kappa shape index (κ1) is 29.2. The first-order valence-corrected chi connectivity index (χ1v) is 13.4. The number of hydrogen-bond donors (Lipinski definition) is 1. The number of rotatable bonds is 11. The van der Waals surface area contributed by atoms with Gasteiger partial charge in [-0.2, -0.15) is 0 Å². The van der Waals surface area contributed by atoms with E-state index in [1.165, 1.54) is 5.01 Å². The van der Waals surface area contributed by atoms with E-state index in [-0.39, 0.29) is 25.1 Å². The minimum atomic E-state index is -0.762. The number of hydrogen-bond acceptors (Lipinski definition) is 7. The van der Waals surface area contributed by atoms with E-state index >= 15 is 0 Å². The molecule has 0 saturated carbocycles. The average molecular weight is 524 g/mol. The van der Waals surface area contributed by atoms with Gasteiger partial charge in [-0.3, -0.25) is 24.7 Å². The Morgan fingerprint density at radius 3 is 2.39 bits per heavy atom. The second kappa shape index (κ2) is 12.9. The third kappa shape index (κ3) is 7.81. The Morgan fingerprint density at radius 1 is 1.08 bits per heavy atom. The largest absolute Gasteiger partial charge is 0.465 e. The van der Waals surface area contributed by atoms with Crippen LogP contribution in [0.25, 0.3) is 0 Å². The first-order valence-electron chi connectivity index (χ1n) is 13.4. The number of hydrazine groups is 1. The lowest BCUT2D eigenvalue weighted by atomic mass is 10.0. The summed E-state index contributed by atoms with van der Waals surface area (Å²) < 4.78 is 10.9. The zero-order valence-electron chi connectivity index (χ0n) is 23.4. The van der Waals surface area contributed by atoms with Gasteiger partial charge in [-0.1, -0.05) is 48.5 Å². The van der Waals surface area contributed by atoms with Gasteiger partial charge in [0, 0.05) is 0 Å². The van der Waals surface area contributed by atoms with Crippen LogP contribution in [-0.4, -0.2) is 59.7 Å². The summed E-state index contributed by atoms with van der Waals surface area (Å²) in [5.41, 5.74) is 2.40. The van der Waals surface area contributed by atoms with Crippen molar-refractivity contribution in [1.29, 1.82) is 0 Å². The molecule has 1 unspecified atom stereocenters. The average Bonchev–Trinajstić information content (AvgIpc) is 3.19. The van der Waals surface area contributed by atoms with E-state index < -0.39 is 29.6 Å². The fourth-order valence-corrected chi connectivity index (χ4v) is 4.74. The number of nitrogens with zero attached hydrogens (tertiary/aromatic N) is 2. The number of benzene rings is 2. The number of amides is 1. The summed E-state index contributed by atoms with van der Waals surface area (Å²) in [6.07, 6.45) is 1.87. The van der Waals surface area contributed by atoms with Gasteiger partial charge in [0.2, 0.25) is 0 Å². The van der Waals surface area contributed by atoms with Crippen LogP contribution in [0.2, 0.25) is 0 Å². The number of carbonyl (C=O) groups excluding carboxylic acids is 3. The lowest BCUT2D eigenvalue weighted by Crippen LogP contribution is -2.58. The highest BCUT2D eigenvalue weighted by molar-refractivity contribution is 5.88. The number of ether oxygens (including phenoxy) is 2. The maximum atomic E-state index is 13.9. The smallest absolute Gasteiger partial charge is 0.328 e. The van der Waals surface area contributed by atoms with Crippen molar-refractivity contribution in [3.63, 3.8) is 0 Å². The third-order valence-electron chi connectivity index (χ3n) is 6.34. The molecular formula is C30H41N3O5. The van der Waals surface area contributed by atoms with E-state index in [1.807, 2.05) is 66.5 Å². The van der Waals surface area contributed by atoms with Crippen LogP contribution < -0.4 is 10.3 Å². The standard InChI is InChI=1S/C30H41N3O5/c1-7-37-29(36)25(18-17-23-13-9-8-10-14-23)31-22(3)28(35)32(20-27(34)38-30(4,5)6)33-21(2)19-24-15-11-12-16-26(24)33/h8-16,21-22,25,31H,7,17-20H2,1-6H3/t21?,22-,25-/m0/s1. The molecule has 0 saturated heterocycles. The van der Waals surface area contributed by atoms with Gasteiger partial charge in [-0.25, -0.2) is 5.01 Å². The predicted molar refractivity (Wildman–Crippen MR) is 147 cm³/mol. The summed E-state index contributed by atoms with van der Waals surface area (Å²) in [4.78, 5) is 39.7. The number of carbonyl (C=O) groups is 3. The van der Waals surface area contributed by atoms with Crippen LogP contribution in [0.1, 0.15) is 59.1 Å². The summed E-state index contributed by atoms with van der Waals surface area (Å²) in [6.45, 7) is 10.9. The van der Waals surface area contributed by atoms with Crippen LogP contribution in [0.15, 0.2) is 54.6 Å².